The first kappa shape index (κ1) is 19.9. The minimum absolute atomic E-state index is 0.172. The molecule has 6 heteroatoms. The zero-order valence-corrected chi connectivity index (χ0v) is 17.0. The average Bonchev–Trinajstić information content (AvgIpc) is 2.73. The molecule has 3 aromatic rings. The van der Waals surface area contributed by atoms with Gasteiger partial charge in [-0.1, -0.05) is 49.0 Å². The highest BCUT2D eigenvalue weighted by molar-refractivity contribution is 7.99. The van der Waals surface area contributed by atoms with Gasteiger partial charge in [-0.25, -0.2) is 4.98 Å². The van der Waals surface area contributed by atoms with Crippen LogP contribution in [0, 0.1) is 13.8 Å². The number of amides is 2. The Balaban J connectivity index is 1.66. The van der Waals surface area contributed by atoms with E-state index in [4.69, 9.17) is 4.98 Å². The summed E-state index contributed by atoms with van der Waals surface area (Å²) in [5.74, 6) is -0.451. The Morgan fingerprint density at radius 3 is 2.43 bits per heavy atom. The molecule has 0 spiro atoms. The second-order valence-electron chi connectivity index (χ2n) is 6.56. The first-order valence-corrected chi connectivity index (χ1v) is 10.1. The fourth-order valence-corrected chi connectivity index (χ4v) is 3.78. The van der Waals surface area contributed by atoms with Crippen molar-refractivity contribution < 1.29 is 9.59 Å². The van der Waals surface area contributed by atoms with E-state index in [9.17, 15) is 9.59 Å². The quantitative estimate of drug-likeness (QED) is 0.508. The van der Waals surface area contributed by atoms with Crippen LogP contribution in [-0.2, 0) is 11.2 Å². The van der Waals surface area contributed by atoms with Gasteiger partial charge >= 0.3 is 0 Å². The summed E-state index contributed by atoms with van der Waals surface area (Å²) < 4.78 is 0. The molecule has 0 aliphatic heterocycles. The largest absolute Gasteiger partial charge is 0.272 e. The van der Waals surface area contributed by atoms with Crippen molar-refractivity contribution in [1.29, 1.82) is 0 Å². The summed E-state index contributed by atoms with van der Waals surface area (Å²) in [7, 11) is 0. The van der Waals surface area contributed by atoms with E-state index in [1.165, 1.54) is 17.3 Å². The van der Waals surface area contributed by atoms with Gasteiger partial charge < -0.3 is 0 Å². The fraction of sp³-hybridized carbons (Fsp3) is 0.227. The van der Waals surface area contributed by atoms with E-state index in [-0.39, 0.29) is 17.6 Å². The topological polar surface area (TPSA) is 71.1 Å². The van der Waals surface area contributed by atoms with E-state index in [2.05, 4.69) is 42.9 Å². The van der Waals surface area contributed by atoms with E-state index >= 15 is 0 Å². The summed E-state index contributed by atoms with van der Waals surface area (Å²) >= 11 is 1.38. The number of nitrogens with one attached hydrogen (secondary N) is 2. The number of nitrogens with zero attached hydrogens (tertiary/aromatic N) is 1. The van der Waals surface area contributed by atoms with Gasteiger partial charge in [0.05, 0.1) is 11.3 Å². The molecular formula is C22H23N3O2S. The Bertz CT molecular complexity index is 1020. The van der Waals surface area contributed by atoms with Gasteiger partial charge in [0.15, 0.2) is 0 Å². The molecular weight excluding hydrogens is 370 g/mol. The lowest BCUT2D eigenvalue weighted by Gasteiger charge is -2.12. The van der Waals surface area contributed by atoms with Crippen molar-refractivity contribution in [2.24, 2.45) is 0 Å². The molecule has 0 unspecified atom stereocenters. The van der Waals surface area contributed by atoms with Gasteiger partial charge in [0.1, 0.15) is 5.03 Å². The number of aryl methyl sites for hydroxylation is 3. The van der Waals surface area contributed by atoms with Crippen LogP contribution in [0.2, 0.25) is 0 Å². The monoisotopic (exact) mass is 393 g/mol. The van der Waals surface area contributed by atoms with Gasteiger partial charge in [-0.15, -0.1) is 0 Å². The zero-order valence-electron chi connectivity index (χ0n) is 16.2. The second-order valence-corrected chi connectivity index (χ2v) is 7.52. The van der Waals surface area contributed by atoms with Crippen molar-refractivity contribution in [2.45, 2.75) is 32.2 Å². The molecule has 0 aliphatic carbocycles. The molecule has 0 saturated heterocycles. The van der Waals surface area contributed by atoms with Gasteiger partial charge in [0.2, 0.25) is 5.91 Å². The lowest BCUT2D eigenvalue weighted by Crippen LogP contribution is -2.42. The lowest BCUT2D eigenvalue weighted by atomic mass is 10.0. The fourth-order valence-electron chi connectivity index (χ4n) is 2.89. The maximum atomic E-state index is 12.2. The molecule has 3 rings (SSSR count). The number of hydrazine groups is 1. The smallest absolute Gasteiger partial charge is 0.269 e. The molecule has 1 heterocycles. The number of rotatable bonds is 5. The number of thioether (sulfide) groups is 1. The third kappa shape index (κ3) is 4.51. The van der Waals surface area contributed by atoms with Gasteiger partial charge in [0.25, 0.3) is 5.91 Å². The predicted molar refractivity (Wildman–Crippen MR) is 113 cm³/mol. The van der Waals surface area contributed by atoms with Crippen LogP contribution < -0.4 is 10.9 Å². The SMILES string of the molecule is CCc1cc2c(C)ccc(C)c2nc1SCC(=O)NNC(=O)c1ccccc1. The predicted octanol–water partition coefficient (Wildman–Crippen LogP) is 3.97. The molecule has 0 radical (unpaired) electrons. The van der Waals surface area contributed by atoms with Gasteiger partial charge in [0, 0.05) is 10.9 Å². The summed E-state index contributed by atoms with van der Waals surface area (Å²) in [6.07, 6.45) is 0.838. The van der Waals surface area contributed by atoms with Crippen molar-refractivity contribution in [3.63, 3.8) is 0 Å². The molecule has 28 heavy (non-hydrogen) atoms. The highest BCUT2D eigenvalue weighted by Gasteiger charge is 2.12. The number of carbonyl (C=O) groups is 2. The van der Waals surface area contributed by atoms with E-state index < -0.39 is 0 Å². The normalized spacial score (nSPS) is 10.7. The van der Waals surface area contributed by atoms with E-state index in [1.807, 2.05) is 13.0 Å². The van der Waals surface area contributed by atoms with Crippen molar-refractivity contribution in [3.05, 3.63) is 70.8 Å². The standard InChI is InChI=1S/C22H23N3O2S/c1-4-16-12-18-14(2)10-11-15(3)20(18)23-22(16)28-13-19(26)24-25-21(27)17-8-6-5-7-9-17/h5-12H,4,13H2,1-3H3,(H,24,26)(H,25,27). The first-order valence-electron chi connectivity index (χ1n) is 9.16. The van der Waals surface area contributed by atoms with Gasteiger partial charge in [-0.05, 0) is 55.2 Å². The Labute approximate surface area is 168 Å². The number of pyridine rings is 1. The maximum Gasteiger partial charge on any atom is 0.269 e. The van der Waals surface area contributed by atoms with Crippen LogP contribution in [0.1, 0.15) is 34.0 Å². The minimum atomic E-state index is -0.344. The number of benzene rings is 2. The Morgan fingerprint density at radius 1 is 1.00 bits per heavy atom. The van der Waals surface area contributed by atoms with Crippen LogP contribution in [0.15, 0.2) is 53.6 Å². The summed E-state index contributed by atoms with van der Waals surface area (Å²) in [4.78, 5) is 29.0. The number of fused-ring (bicyclic) bond motifs is 1. The molecule has 5 nitrogen and oxygen atoms in total. The molecule has 2 aromatic carbocycles. The lowest BCUT2D eigenvalue weighted by molar-refractivity contribution is -0.119. The third-order valence-corrected chi connectivity index (χ3v) is 5.55. The summed E-state index contributed by atoms with van der Waals surface area (Å²) in [6, 6.07) is 15.1. The van der Waals surface area contributed by atoms with E-state index in [0.29, 0.717) is 5.56 Å². The molecule has 0 saturated carbocycles. The van der Waals surface area contributed by atoms with Crippen LogP contribution in [-0.4, -0.2) is 22.6 Å². The Morgan fingerprint density at radius 2 is 1.71 bits per heavy atom. The van der Waals surface area contributed by atoms with Crippen molar-refractivity contribution in [2.75, 3.05) is 5.75 Å². The summed E-state index contributed by atoms with van der Waals surface area (Å²) in [6.45, 7) is 6.21. The van der Waals surface area contributed by atoms with Gasteiger partial charge in [-0.2, -0.15) is 0 Å². The molecule has 1 aromatic heterocycles. The number of aromatic nitrogens is 1. The summed E-state index contributed by atoms with van der Waals surface area (Å²) in [5.41, 5.74) is 9.79. The first-order chi connectivity index (χ1) is 13.5. The van der Waals surface area contributed by atoms with Gasteiger partial charge in [-0.3, -0.25) is 20.4 Å². The van der Waals surface area contributed by atoms with Crippen LogP contribution in [0.3, 0.4) is 0 Å². The van der Waals surface area contributed by atoms with Crippen LogP contribution in [0.4, 0.5) is 0 Å². The molecule has 0 bridgehead atoms. The number of carbonyl (C=O) groups excluding carboxylic acids is 2. The van der Waals surface area contributed by atoms with E-state index in [1.54, 1.807) is 24.3 Å². The molecule has 0 aliphatic rings. The van der Waals surface area contributed by atoms with E-state index in [0.717, 1.165) is 33.5 Å². The molecule has 0 fully saturated rings. The molecule has 144 valence electrons. The molecule has 0 atom stereocenters. The highest BCUT2D eigenvalue weighted by Crippen LogP contribution is 2.28. The average molecular weight is 394 g/mol. The van der Waals surface area contributed by atoms with Crippen LogP contribution >= 0.6 is 11.8 Å². The summed E-state index contributed by atoms with van der Waals surface area (Å²) in [5, 5.41) is 2.01. The maximum absolute atomic E-state index is 12.2. The van der Waals surface area contributed by atoms with Crippen LogP contribution in [0.25, 0.3) is 10.9 Å². The highest BCUT2D eigenvalue weighted by atomic mass is 32.2. The van der Waals surface area contributed by atoms with Crippen LogP contribution in [0.5, 0.6) is 0 Å². The third-order valence-electron chi connectivity index (χ3n) is 4.52. The Hall–Kier alpha value is -2.86. The zero-order chi connectivity index (χ0) is 20.1. The van der Waals surface area contributed by atoms with Crippen molar-refractivity contribution in [1.82, 2.24) is 15.8 Å². The Kier molecular flexibility index (Phi) is 6.31. The number of hydrogen-bond acceptors (Lipinski definition) is 4. The second kappa shape index (κ2) is 8.89. The molecule has 2 amide bonds. The van der Waals surface area contributed by atoms with Crippen molar-refractivity contribution in [3.8, 4) is 0 Å². The number of hydrogen-bond donors (Lipinski definition) is 2. The molecule has 2 N–H and O–H groups in total. The minimum Gasteiger partial charge on any atom is -0.272 e. The van der Waals surface area contributed by atoms with Crippen molar-refractivity contribution >= 4 is 34.5 Å².